The van der Waals surface area contributed by atoms with Gasteiger partial charge in [-0.2, -0.15) is 0 Å². The number of nitrogens with zero attached hydrogens (tertiary/aromatic N) is 1. The lowest BCUT2D eigenvalue weighted by atomic mass is 10.0. The molecule has 0 aliphatic heterocycles. The van der Waals surface area contributed by atoms with Crippen LogP contribution in [0.5, 0.6) is 0 Å². The van der Waals surface area contributed by atoms with Gasteiger partial charge in [-0.1, -0.05) is 31.2 Å². The normalized spacial score (nSPS) is 10.6. The Morgan fingerprint density at radius 3 is 2.56 bits per heavy atom. The highest BCUT2D eigenvalue weighted by atomic mass is 14.8. The van der Waals surface area contributed by atoms with Crippen molar-refractivity contribution in [2.75, 3.05) is 6.54 Å². The van der Waals surface area contributed by atoms with Gasteiger partial charge in [0.25, 0.3) is 0 Å². The molecule has 2 nitrogen and oxygen atoms in total. The van der Waals surface area contributed by atoms with E-state index in [2.05, 4.69) is 54.5 Å². The zero-order valence-corrected chi connectivity index (χ0v) is 11.1. The molecule has 1 N–H and O–H groups in total. The van der Waals surface area contributed by atoms with Gasteiger partial charge in [0.1, 0.15) is 0 Å². The van der Waals surface area contributed by atoms with Gasteiger partial charge in [-0.05, 0) is 48.2 Å². The van der Waals surface area contributed by atoms with Crippen LogP contribution in [-0.4, -0.2) is 11.5 Å². The van der Waals surface area contributed by atoms with Gasteiger partial charge in [0.2, 0.25) is 0 Å². The molecule has 0 radical (unpaired) electrons. The summed E-state index contributed by atoms with van der Waals surface area (Å²) < 4.78 is 0. The number of hydrogen-bond acceptors (Lipinski definition) is 2. The van der Waals surface area contributed by atoms with Crippen molar-refractivity contribution < 1.29 is 0 Å². The molecule has 1 aromatic heterocycles. The maximum absolute atomic E-state index is 4.13. The number of benzene rings is 1. The van der Waals surface area contributed by atoms with Crippen LogP contribution in [0.15, 0.2) is 42.7 Å². The van der Waals surface area contributed by atoms with Gasteiger partial charge < -0.3 is 5.32 Å². The molecule has 18 heavy (non-hydrogen) atoms. The lowest BCUT2D eigenvalue weighted by Gasteiger charge is -2.07. The van der Waals surface area contributed by atoms with Crippen molar-refractivity contribution in [3.63, 3.8) is 0 Å². The van der Waals surface area contributed by atoms with Gasteiger partial charge >= 0.3 is 0 Å². The quantitative estimate of drug-likeness (QED) is 0.808. The zero-order chi connectivity index (χ0) is 12.8. The summed E-state index contributed by atoms with van der Waals surface area (Å²) in [5, 5.41) is 3.41. The first-order valence-corrected chi connectivity index (χ1v) is 6.52. The molecule has 0 aliphatic rings. The molecule has 0 saturated carbocycles. The van der Waals surface area contributed by atoms with Crippen LogP contribution in [0.3, 0.4) is 0 Å². The van der Waals surface area contributed by atoms with Crippen LogP contribution >= 0.6 is 0 Å². The van der Waals surface area contributed by atoms with E-state index in [4.69, 9.17) is 0 Å². The monoisotopic (exact) mass is 240 g/mol. The summed E-state index contributed by atoms with van der Waals surface area (Å²) in [6.45, 7) is 6.30. The lowest BCUT2D eigenvalue weighted by Crippen LogP contribution is -2.13. The molecule has 0 saturated heterocycles. The summed E-state index contributed by atoms with van der Waals surface area (Å²) in [5.74, 6) is 0. The van der Waals surface area contributed by atoms with Crippen LogP contribution in [0, 0.1) is 6.92 Å². The third-order valence-corrected chi connectivity index (χ3v) is 3.04. The van der Waals surface area contributed by atoms with Crippen LogP contribution in [0.1, 0.15) is 24.5 Å². The first-order valence-electron chi connectivity index (χ1n) is 6.52. The number of aromatic nitrogens is 1. The minimum Gasteiger partial charge on any atom is -0.313 e. The predicted molar refractivity (Wildman–Crippen MR) is 76.4 cm³/mol. The minimum atomic E-state index is 0.948. The average Bonchev–Trinajstić information content (AvgIpc) is 2.41. The Balaban J connectivity index is 2.10. The molecule has 0 unspecified atom stereocenters. The molecule has 2 rings (SSSR count). The second kappa shape index (κ2) is 6.31. The highest BCUT2D eigenvalue weighted by molar-refractivity contribution is 5.66. The first kappa shape index (κ1) is 12.8. The Labute approximate surface area is 109 Å². The van der Waals surface area contributed by atoms with Crippen molar-refractivity contribution in [2.45, 2.75) is 26.8 Å². The highest BCUT2D eigenvalue weighted by Crippen LogP contribution is 2.22. The highest BCUT2D eigenvalue weighted by Gasteiger charge is 2.01. The second-order valence-electron chi connectivity index (χ2n) is 4.56. The van der Waals surface area contributed by atoms with E-state index in [0.29, 0.717) is 0 Å². The molecule has 0 atom stereocenters. The van der Waals surface area contributed by atoms with E-state index in [1.165, 1.54) is 28.7 Å². The SMILES string of the molecule is CCCNCc1ccc(-c2ccncc2C)cc1. The zero-order valence-electron chi connectivity index (χ0n) is 11.1. The summed E-state index contributed by atoms with van der Waals surface area (Å²) >= 11 is 0. The van der Waals surface area contributed by atoms with Crippen molar-refractivity contribution >= 4 is 0 Å². The standard InChI is InChI=1S/C16H20N2/c1-3-9-17-12-14-4-6-15(7-5-14)16-8-10-18-11-13(16)2/h4-8,10-11,17H,3,9,12H2,1-2H3. The van der Waals surface area contributed by atoms with Crippen molar-refractivity contribution in [3.8, 4) is 11.1 Å². The molecule has 0 aliphatic carbocycles. The molecule has 1 aromatic carbocycles. The predicted octanol–water partition coefficient (Wildman–Crippen LogP) is 3.56. The topological polar surface area (TPSA) is 24.9 Å². The smallest absolute Gasteiger partial charge is 0.0303 e. The summed E-state index contributed by atoms with van der Waals surface area (Å²) in [6, 6.07) is 10.8. The molecule has 94 valence electrons. The molecular formula is C16H20N2. The van der Waals surface area contributed by atoms with Gasteiger partial charge in [0.05, 0.1) is 0 Å². The lowest BCUT2D eigenvalue weighted by molar-refractivity contribution is 0.675. The molecule has 1 heterocycles. The number of pyridine rings is 1. The maximum atomic E-state index is 4.13. The Kier molecular flexibility index (Phi) is 4.48. The van der Waals surface area contributed by atoms with E-state index in [0.717, 1.165) is 13.1 Å². The Bertz CT molecular complexity index is 489. The summed E-state index contributed by atoms with van der Waals surface area (Å²) in [6.07, 6.45) is 4.93. The van der Waals surface area contributed by atoms with Gasteiger partial charge in [0, 0.05) is 18.9 Å². The first-order chi connectivity index (χ1) is 8.81. The van der Waals surface area contributed by atoms with Gasteiger partial charge in [-0.25, -0.2) is 0 Å². The van der Waals surface area contributed by atoms with Gasteiger partial charge in [-0.3, -0.25) is 4.98 Å². The Morgan fingerprint density at radius 1 is 1.11 bits per heavy atom. The fraction of sp³-hybridized carbons (Fsp3) is 0.312. The summed E-state index contributed by atoms with van der Waals surface area (Å²) in [5.41, 5.74) is 5.07. The van der Waals surface area contributed by atoms with E-state index in [1.54, 1.807) is 0 Å². The third-order valence-electron chi connectivity index (χ3n) is 3.04. The van der Waals surface area contributed by atoms with Crippen LogP contribution in [0.25, 0.3) is 11.1 Å². The molecule has 0 amide bonds. The maximum Gasteiger partial charge on any atom is 0.0303 e. The third kappa shape index (κ3) is 3.17. The van der Waals surface area contributed by atoms with Crippen molar-refractivity contribution in [1.82, 2.24) is 10.3 Å². The van der Waals surface area contributed by atoms with E-state index in [-0.39, 0.29) is 0 Å². The molecule has 0 spiro atoms. The van der Waals surface area contributed by atoms with E-state index >= 15 is 0 Å². The number of aryl methyl sites for hydroxylation is 1. The fourth-order valence-electron chi connectivity index (χ4n) is 2.01. The van der Waals surface area contributed by atoms with Gasteiger partial charge in [0.15, 0.2) is 0 Å². The molecular weight excluding hydrogens is 220 g/mol. The van der Waals surface area contributed by atoms with Gasteiger partial charge in [-0.15, -0.1) is 0 Å². The summed E-state index contributed by atoms with van der Waals surface area (Å²) in [7, 11) is 0. The van der Waals surface area contributed by atoms with Crippen LogP contribution in [0.2, 0.25) is 0 Å². The Hall–Kier alpha value is -1.67. The van der Waals surface area contributed by atoms with E-state index in [9.17, 15) is 0 Å². The number of rotatable bonds is 5. The van der Waals surface area contributed by atoms with Crippen molar-refractivity contribution in [2.24, 2.45) is 0 Å². The molecule has 2 heteroatoms. The van der Waals surface area contributed by atoms with E-state index in [1.807, 2.05) is 12.4 Å². The second-order valence-corrected chi connectivity index (χ2v) is 4.56. The van der Waals surface area contributed by atoms with Crippen LogP contribution in [0.4, 0.5) is 0 Å². The van der Waals surface area contributed by atoms with Crippen LogP contribution < -0.4 is 5.32 Å². The molecule has 0 bridgehead atoms. The van der Waals surface area contributed by atoms with Crippen molar-refractivity contribution in [3.05, 3.63) is 53.9 Å². The number of nitrogens with one attached hydrogen (secondary N) is 1. The minimum absolute atomic E-state index is 0.948. The summed E-state index contributed by atoms with van der Waals surface area (Å²) in [4.78, 5) is 4.13. The molecule has 2 aromatic rings. The Morgan fingerprint density at radius 2 is 1.89 bits per heavy atom. The molecule has 0 fully saturated rings. The average molecular weight is 240 g/mol. The van der Waals surface area contributed by atoms with E-state index < -0.39 is 0 Å². The number of hydrogen-bond donors (Lipinski definition) is 1. The largest absolute Gasteiger partial charge is 0.313 e. The van der Waals surface area contributed by atoms with Crippen molar-refractivity contribution in [1.29, 1.82) is 0 Å². The van der Waals surface area contributed by atoms with Crippen LogP contribution in [-0.2, 0) is 6.54 Å². The fourth-order valence-corrected chi connectivity index (χ4v) is 2.01.